The molecule has 1 unspecified atom stereocenters. The van der Waals surface area contributed by atoms with Crippen LogP contribution in [0.2, 0.25) is 0 Å². The normalized spacial score (nSPS) is 12.5. The predicted octanol–water partition coefficient (Wildman–Crippen LogP) is 2.85. The number of carboxylic acids is 1. The fourth-order valence-electron chi connectivity index (χ4n) is 3.33. The lowest BCUT2D eigenvalue weighted by atomic mass is 10.0. The monoisotopic (exact) mass is 378 g/mol. The van der Waals surface area contributed by atoms with Gasteiger partial charge in [0.1, 0.15) is 5.69 Å². The largest absolute Gasteiger partial charge is 0.477 e. The summed E-state index contributed by atoms with van der Waals surface area (Å²) in [4.78, 5) is 11.2. The Morgan fingerprint density at radius 3 is 2.56 bits per heavy atom. The second kappa shape index (κ2) is 9.66. The zero-order valence-corrected chi connectivity index (χ0v) is 16.6. The topological polar surface area (TPSA) is 102 Å². The summed E-state index contributed by atoms with van der Waals surface area (Å²) in [7, 11) is 0. The first-order chi connectivity index (χ1) is 12.9. The van der Waals surface area contributed by atoms with Gasteiger partial charge in [0.25, 0.3) is 0 Å². The summed E-state index contributed by atoms with van der Waals surface area (Å²) < 4.78 is 8.74. The van der Waals surface area contributed by atoms with E-state index in [0.29, 0.717) is 25.4 Å². The number of carbonyl (C=O) groups is 1. The minimum Gasteiger partial charge on any atom is -0.477 e. The van der Waals surface area contributed by atoms with E-state index in [1.165, 1.54) is 0 Å². The van der Waals surface area contributed by atoms with E-state index in [-0.39, 0.29) is 5.69 Å². The average molecular weight is 378 g/mol. The molecular formula is C19H30N4O4. The molecule has 1 atom stereocenters. The van der Waals surface area contributed by atoms with E-state index in [1.54, 1.807) is 22.4 Å². The molecule has 0 aliphatic heterocycles. The molecule has 0 saturated carbocycles. The van der Waals surface area contributed by atoms with Gasteiger partial charge in [-0.25, -0.2) is 4.79 Å². The third kappa shape index (κ3) is 5.17. The van der Waals surface area contributed by atoms with Gasteiger partial charge in [-0.1, -0.05) is 6.42 Å². The van der Waals surface area contributed by atoms with Crippen LogP contribution in [0.4, 0.5) is 0 Å². The number of rotatable bonds is 11. The Hall–Kier alpha value is -2.19. The minimum absolute atomic E-state index is 0.231. The van der Waals surface area contributed by atoms with Crippen molar-refractivity contribution in [1.82, 2.24) is 19.6 Å². The third-order valence-corrected chi connectivity index (χ3v) is 4.57. The molecule has 2 aromatic rings. The molecule has 0 bridgehead atoms. The quantitative estimate of drug-likeness (QED) is 0.460. The maximum Gasteiger partial charge on any atom is 0.354 e. The molecule has 0 aliphatic rings. The van der Waals surface area contributed by atoms with Crippen molar-refractivity contribution < 1.29 is 19.7 Å². The highest BCUT2D eigenvalue weighted by molar-refractivity contribution is 5.85. The maximum atomic E-state index is 11.2. The van der Waals surface area contributed by atoms with Gasteiger partial charge in [0.15, 0.2) is 6.29 Å². The van der Waals surface area contributed by atoms with Gasteiger partial charge in [-0.3, -0.25) is 9.36 Å². The van der Waals surface area contributed by atoms with E-state index in [2.05, 4.69) is 10.2 Å². The summed E-state index contributed by atoms with van der Waals surface area (Å²) >= 11 is 0. The summed E-state index contributed by atoms with van der Waals surface area (Å²) in [6.07, 6.45) is 2.53. The smallest absolute Gasteiger partial charge is 0.354 e. The van der Waals surface area contributed by atoms with Crippen molar-refractivity contribution in [2.75, 3.05) is 6.61 Å². The standard InChI is InChI=1S/C19H30N4O4/c1-5-22-17(19(26)27-6-2)15(14(4)21-22)10-8-7-9-11-23-16(18(24)25)12-13(3)20-23/h12,19,26H,5-11H2,1-4H3,(H,24,25). The second-order valence-electron chi connectivity index (χ2n) is 6.58. The summed E-state index contributed by atoms with van der Waals surface area (Å²) in [5.74, 6) is -0.951. The number of ether oxygens (including phenoxy) is 1. The van der Waals surface area contributed by atoms with Gasteiger partial charge >= 0.3 is 5.97 Å². The summed E-state index contributed by atoms with van der Waals surface area (Å²) in [6, 6.07) is 1.59. The first-order valence-electron chi connectivity index (χ1n) is 9.52. The van der Waals surface area contributed by atoms with Gasteiger partial charge in [-0.15, -0.1) is 0 Å². The van der Waals surface area contributed by atoms with Crippen LogP contribution in [0, 0.1) is 13.8 Å². The molecule has 27 heavy (non-hydrogen) atoms. The highest BCUT2D eigenvalue weighted by Crippen LogP contribution is 2.24. The average Bonchev–Trinajstić information content (AvgIpc) is 3.14. The zero-order valence-electron chi connectivity index (χ0n) is 16.6. The summed E-state index contributed by atoms with van der Waals surface area (Å²) in [5, 5.41) is 28.3. The van der Waals surface area contributed by atoms with Crippen LogP contribution >= 0.6 is 0 Å². The SMILES string of the molecule is CCOC(O)c1c(CCCCCn2nc(C)cc2C(=O)O)c(C)nn1CC. The lowest BCUT2D eigenvalue weighted by Gasteiger charge is -2.15. The number of aliphatic hydroxyl groups excluding tert-OH is 1. The Morgan fingerprint density at radius 2 is 1.93 bits per heavy atom. The lowest BCUT2D eigenvalue weighted by Crippen LogP contribution is -2.13. The minimum atomic E-state index is -0.962. The molecule has 0 saturated heterocycles. The molecule has 2 N–H and O–H groups in total. The number of hydrogen-bond acceptors (Lipinski definition) is 5. The fourth-order valence-corrected chi connectivity index (χ4v) is 3.33. The molecule has 2 heterocycles. The van der Waals surface area contributed by atoms with Crippen LogP contribution in [-0.2, 0) is 24.2 Å². The van der Waals surface area contributed by atoms with Gasteiger partial charge in [-0.2, -0.15) is 10.2 Å². The Labute approximate surface area is 159 Å². The van der Waals surface area contributed by atoms with E-state index < -0.39 is 12.3 Å². The van der Waals surface area contributed by atoms with E-state index >= 15 is 0 Å². The molecule has 8 nitrogen and oxygen atoms in total. The first-order valence-corrected chi connectivity index (χ1v) is 9.52. The van der Waals surface area contributed by atoms with E-state index in [0.717, 1.165) is 42.6 Å². The van der Waals surface area contributed by atoms with Crippen LogP contribution in [-0.4, -0.2) is 42.4 Å². The molecule has 0 fully saturated rings. The number of aryl methyl sites for hydroxylation is 4. The number of aromatic nitrogens is 4. The number of hydrogen-bond donors (Lipinski definition) is 2. The maximum absolute atomic E-state index is 11.2. The Kier molecular flexibility index (Phi) is 7.55. The molecule has 8 heteroatoms. The van der Waals surface area contributed by atoms with Crippen LogP contribution in [0.15, 0.2) is 6.07 Å². The third-order valence-electron chi connectivity index (χ3n) is 4.57. The van der Waals surface area contributed by atoms with Gasteiger partial charge < -0.3 is 14.9 Å². The molecule has 0 aromatic carbocycles. The van der Waals surface area contributed by atoms with Crippen LogP contribution in [0.1, 0.15) is 72.5 Å². The molecular weight excluding hydrogens is 348 g/mol. The van der Waals surface area contributed by atoms with Crippen molar-refractivity contribution >= 4 is 5.97 Å². The van der Waals surface area contributed by atoms with Gasteiger partial charge in [0.05, 0.1) is 17.1 Å². The summed E-state index contributed by atoms with van der Waals surface area (Å²) in [5.41, 5.74) is 3.65. The number of aromatic carboxylic acids is 1. The van der Waals surface area contributed by atoms with Crippen molar-refractivity contribution in [3.05, 3.63) is 34.4 Å². The molecule has 150 valence electrons. The first kappa shape index (κ1) is 21.1. The van der Waals surface area contributed by atoms with Crippen LogP contribution in [0.3, 0.4) is 0 Å². The van der Waals surface area contributed by atoms with Crippen molar-refractivity contribution in [1.29, 1.82) is 0 Å². The van der Waals surface area contributed by atoms with Crippen LogP contribution in [0.5, 0.6) is 0 Å². The molecule has 2 aromatic heterocycles. The molecule has 0 aliphatic carbocycles. The Morgan fingerprint density at radius 1 is 1.19 bits per heavy atom. The number of aliphatic hydroxyl groups is 1. The van der Waals surface area contributed by atoms with E-state index in [1.807, 2.05) is 20.8 Å². The van der Waals surface area contributed by atoms with Crippen molar-refractivity contribution in [3.8, 4) is 0 Å². The van der Waals surface area contributed by atoms with E-state index in [4.69, 9.17) is 4.74 Å². The highest BCUT2D eigenvalue weighted by atomic mass is 16.6. The van der Waals surface area contributed by atoms with Crippen LogP contribution in [0.25, 0.3) is 0 Å². The van der Waals surface area contributed by atoms with E-state index in [9.17, 15) is 15.0 Å². The number of carboxylic acid groups (broad SMARTS) is 1. The van der Waals surface area contributed by atoms with Crippen molar-refractivity contribution in [2.24, 2.45) is 0 Å². The molecule has 0 radical (unpaired) electrons. The lowest BCUT2D eigenvalue weighted by molar-refractivity contribution is -0.104. The van der Waals surface area contributed by atoms with Crippen LogP contribution < -0.4 is 0 Å². The van der Waals surface area contributed by atoms with Crippen molar-refractivity contribution in [3.63, 3.8) is 0 Å². The highest BCUT2D eigenvalue weighted by Gasteiger charge is 2.21. The van der Waals surface area contributed by atoms with Gasteiger partial charge in [0.2, 0.25) is 0 Å². The molecule has 2 rings (SSSR count). The second-order valence-corrected chi connectivity index (χ2v) is 6.58. The van der Waals surface area contributed by atoms with Crippen molar-refractivity contribution in [2.45, 2.75) is 72.8 Å². The summed E-state index contributed by atoms with van der Waals surface area (Å²) in [6.45, 7) is 9.28. The number of nitrogens with zero attached hydrogens (tertiary/aromatic N) is 4. The van der Waals surface area contributed by atoms with Gasteiger partial charge in [-0.05, 0) is 53.0 Å². The Balaban J connectivity index is 1.94. The molecule has 0 amide bonds. The fraction of sp³-hybridized carbons (Fsp3) is 0.632. The predicted molar refractivity (Wildman–Crippen MR) is 101 cm³/mol. The van der Waals surface area contributed by atoms with Gasteiger partial charge in [0, 0.05) is 25.3 Å². The molecule has 0 spiro atoms. The number of unbranched alkanes of at least 4 members (excludes halogenated alkanes) is 2. The Bertz CT molecular complexity index is 766. The zero-order chi connectivity index (χ0) is 20.0.